The molecule has 1 aromatic carbocycles. The number of aliphatic imine (C=N–C) groups is 1. The second-order valence-corrected chi connectivity index (χ2v) is 6.24. The van der Waals surface area contributed by atoms with Gasteiger partial charge in [0, 0.05) is 17.5 Å². The monoisotopic (exact) mass is 273 g/mol. The Balaban J connectivity index is 2.03. The molecule has 0 bridgehead atoms. The van der Waals surface area contributed by atoms with Crippen LogP contribution in [0.15, 0.2) is 29.3 Å². The highest BCUT2D eigenvalue weighted by Crippen LogP contribution is 2.41. The van der Waals surface area contributed by atoms with E-state index >= 15 is 0 Å². The Morgan fingerprint density at radius 2 is 2.10 bits per heavy atom. The van der Waals surface area contributed by atoms with E-state index in [4.69, 9.17) is 4.74 Å². The van der Waals surface area contributed by atoms with Crippen molar-refractivity contribution < 1.29 is 9.53 Å². The number of guanidine groups is 1. The molecule has 5 nitrogen and oxygen atoms in total. The first-order valence-electron chi connectivity index (χ1n) is 6.83. The molecule has 0 saturated carbocycles. The van der Waals surface area contributed by atoms with Crippen molar-refractivity contribution >= 4 is 11.9 Å². The fraction of sp³-hybridized carbons (Fsp3) is 0.467. The average molecular weight is 273 g/mol. The number of nitrogens with zero attached hydrogens (tertiary/aromatic N) is 1. The van der Waals surface area contributed by atoms with Gasteiger partial charge in [0.1, 0.15) is 5.75 Å². The van der Waals surface area contributed by atoms with E-state index in [-0.39, 0.29) is 11.4 Å². The van der Waals surface area contributed by atoms with Gasteiger partial charge in [-0.05, 0) is 26.8 Å². The molecule has 2 N–H and O–H groups in total. The third kappa shape index (κ3) is 2.03. The third-order valence-electron chi connectivity index (χ3n) is 3.46. The number of ether oxygens (including phenoxy) is 1. The summed E-state index contributed by atoms with van der Waals surface area (Å²) < 4.78 is 5.62. The molecule has 2 aliphatic rings. The van der Waals surface area contributed by atoms with Gasteiger partial charge in [-0.3, -0.25) is 10.1 Å². The zero-order valence-electron chi connectivity index (χ0n) is 12.0. The SMILES string of the molecule is CC(C)(C)NC1=NC2(CCOc3ccccc32)C(=O)N1. The first kappa shape index (κ1) is 13.0. The molecule has 0 aliphatic carbocycles. The molecular weight excluding hydrogens is 254 g/mol. The molecule has 1 amide bonds. The number of amides is 1. The topological polar surface area (TPSA) is 62.7 Å². The van der Waals surface area contributed by atoms with Crippen molar-refractivity contribution in [3.05, 3.63) is 29.8 Å². The number of benzene rings is 1. The number of rotatable bonds is 0. The van der Waals surface area contributed by atoms with Gasteiger partial charge in [0.15, 0.2) is 11.5 Å². The molecule has 0 radical (unpaired) electrons. The molecule has 1 aromatic rings. The second kappa shape index (κ2) is 4.23. The van der Waals surface area contributed by atoms with E-state index in [0.29, 0.717) is 19.0 Å². The van der Waals surface area contributed by atoms with Gasteiger partial charge < -0.3 is 10.1 Å². The van der Waals surface area contributed by atoms with Crippen LogP contribution in [0.4, 0.5) is 0 Å². The molecule has 1 unspecified atom stereocenters. The number of hydrogen-bond acceptors (Lipinski definition) is 4. The number of hydrogen-bond donors (Lipinski definition) is 2. The van der Waals surface area contributed by atoms with Crippen LogP contribution in [-0.2, 0) is 10.3 Å². The number of nitrogens with one attached hydrogen (secondary N) is 2. The predicted molar refractivity (Wildman–Crippen MR) is 76.7 cm³/mol. The van der Waals surface area contributed by atoms with Gasteiger partial charge in [-0.1, -0.05) is 18.2 Å². The molecule has 20 heavy (non-hydrogen) atoms. The highest BCUT2D eigenvalue weighted by Gasteiger charge is 2.49. The summed E-state index contributed by atoms with van der Waals surface area (Å²) >= 11 is 0. The van der Waals surface area contributed by atoms with E-state index in [0.717, 1.165) is 11.3 Å². The molecule has 1 atom stereocenters. The van der Waals surface area contributed by atoms with E-state index in [2.05, 4.69) is 15.6 Å². The molecule has 106 valence electrons. The third-order valence-corrected chi connectivity index (χ3v) is 3.46. The van der Waals surface area contributed by atoms with Crippen LogP contribution in [0.1, 0.15) is 32.8 Å². The van der Waals surface area contributed by atoms with Gasteiger partial charge in [0.25, 0.3) is 5.91 Å². The lowest BCUT2D eigenvalue weighted by Gasteiger charge is -2.30. The first-order chi connectivity index (χ1) is 9.41. The lowest BCUT2D eigenvalue weighted by Crippen LogP contribution is -2.47. The van der Waals surface area contributed by atoms with Crippen LogP contribution >= 0.6 is 0 Å². The fourth-order valence-electron chi connectivity index (χ4n) is 2.62. The number of fused-ring (bicyclic) bond motifs is 2. The summed E-state index contributed by atoms with van der Waals surface area (Å²) in [7, 11) is 0. The molecule has 2 aliphatic heterocycles. The molecule has 0 fully saturated rings. The molecular formula is C15H19N3O2. The zero-order chi connectivity index (χ0) is 14.4. The summed E-state index contributed by atoms with van der Waals surface area (Å²) in [5.41, 5.74) is -0.153. The highest BCUT2D eigenvalue weighted by molar-refractivity contribution is 6.08. The maximum atomic E-state index is 12.5. The smallest absolute Gasteiger partial charge is 0.259 e. The van der Waals surface area contributed by atoms with E-state index in [1.807, 2.05) is 45.0 Å². The van der Waals surface area contributed by atoms with Crippen molar-refractivity contribution in [1.82, 2.24) is 10.6 Å². The number of carbonyl (C=O) groups excluding carboxylic acids is 1. The largest absolute Gasteiger partial charge is 0.493 e. The van der Waals surface area contributed by atoms with Crippen LogP contribution in [0.25, 0.3) is 0 Å². The van der Waals surface area contributed by atoms with Crippen molar-refractivity contribution in [2.45, 2.75) is 38.3 Å². The van der Waals surface area contributed by atoms with Crippen LogP contribution in [0.3, 0.4) is 0 Å². The Kier molecular flexibility index (Phi) is 2.74. The van der Waals surface area contributed by atoms with Crippen molar-refractivity contribution in [2.24, 2.45) is 4.99 Å². The van der Waals surface area contributed by atoms with E-state index in [1.165, 1.54) is 0 Å². The maximum absolute atomic E-state index is 12.5. The zero-order valence-corrected chi connectivity index (χ0v) is 12.0. The van der Waals surface area contributed by atoms with Gasteiger partial charge in [0.2, 0.25) is 0 Å². The minimum atomic E-state index is -0.845. The molecule has 2 heterocycles. The van der Waals surface area contributed by atoms with Crippen molar-refractivity contribution in [1.29, 1.82) is 0 Å². The van der Waals surface area contributed by atoms with Crippen LogP contribution in [0.5, 0.6) is 5.75 Å². The quantitative estimate of drug-likeness (QED) is 0.753. The van der Waals surface area contributed by atoms with E-state index in [1.54, 1.807) is 0 Å². The van der Waals surface area contributed by atoms with Crippen molar-refractivity contribution in [3.63, 3.8) is 0 Å². The Labute approximate surface area is 118 Å². The van der Waals surface area contributed by atoms with Gasteiger partial charge in [-0.25, -0.2) is 4.99 Å². The predicted octanol–water partition coefficient (Wildman–Crippen LogP) is 1.54. The second-order valence-electron chi connectivity index (χ2n) is 6.24. The lowest BCUT2D eigenvalue weighted by atomic mass is 9.85. The van der Waals surface area contributed by atoms with E-state index in [9.17, 15) is 4.79 Å². The van der Waals surface area contributed by atoms with Crippen LogP contribution in [-0.4, -0.2) is 24.0 Å². The molecule has 1 spiro atoms. The summed E-state index contributed by atoms with van der Waals surface area (Å²) in [6.07, 6.45) is 0.561. The standard InChI is InChI=1S/C15H19N3O2/c1-14(2,3)17-13-16-12(19)15(18-13)8-9-20-11-7-5-4-6-10(11)15/h4-7H,8-9H2,1-3H3,(H2,16,17,18,19). The summed E-state index contributed by atoms with van der Waals surface area (Å²) in [5.74, 6) is 1.20. The van der Waals surface area contributed by atoms with Crippen LogP contribution < -0.4 is 15.4 Å². The molecule has 5 heteroatoms. The lowest BCUT2D eigenvalue weighted by molar-refractivity contribution is -0.125. The highest BCUT2D eigenvalue weighted by atomic mass is 16.5. The Morgan fingerprint density at radius 3 is 2.85 bits per heavy atom. The minimum absolute atomic E-state index is 0.0833. The summed E-state index contributed by atoms with van der Waals surface area (Å²) in [6.45, 7) is 6.59. The molecule has 0 aromatic heterocycles. The Morgan fingerprint density at radius 1 is 1.35 bits per heavy atom. The maximum Gasteiger partial charge on any atom is 0.259 e. The summed E-state index contributed by atoms with van der Waals surface area (Å²) in [4.78, 5) is 17.1. The van der Waals surface area contributed by atoms with Gasteiger partial charge in [-0.2, -0.15) is 0 Å². The average Bonchev–Trinajstić information content (AvgIpc) is 2.65. The first-order valence-corrected chi connectivity index (χ1v) is 6.83. The fourth-order valence-corrected chi connectivity index (χ4v) is 2.62. The minimum Gasteiger partial charge on any atom is -0.493 e. The number of carbonyl (C=O) groups is 1. The van der Waals surface area contributed by atoms with Gasteiger partial charge in [0.05, 0.1) is 6.61 Å². The summed E-state index contributed by atoms with van der Waals surface area (Å²) in [6, 6.07) is 7.61. The Bertz CT molecular complexity index is 589. The van der Waals surface area contributed by atoms with Crippen molar-refractivity contribution in [2.75, 3.05) is 6.61 Å². The molecule has 0 saturated heterocycles. The summed E-state index contributed by atoms with van der Waals surface area (Å²) in [5, 5.41) is 6.08. The van der Waals surface area contributed by atoms with Crippen molar-refractivity contribution in [3.8, 4) is 5.75 Å². The number of para-hydroxylation sites is 1. The van der Waals surface area contributed by atoms with Crippen LogP contribution in [0.2, 0.25) is 0 Å². The van der Waals surface area contributed by atoms with Gasteiger partial charge >= 0.3 is 0 Å². The van der Waals surface area contributed by atoms with Gasteiger partial charge in [-0.15, -0.1) is 0 Å². The normalized spacial score (nSPS) is 24.8. The Hall–Kier alpha value is -2.04. The molecule has 3 rings (SSSR count). The van der Waals surface area contributed by atoms with Crippen LogP contribution in [0, 0.1) is 0 Å². The van der Waals surface area contributed by atoms with E-state index < -0.39 is 5.54 Å².